The Bertz CT molecular complexity index is 571. The number of aromatic nitrogens is 2. The molecule has 1 saturated carbocycles. The topological polar surface area (TPSA) is 37.8 Å². The van der Waals surface area contributed by atoms with Crippen LogP contribution < -0.4 is 5.32 Å². The van der Waals surface area contributed by atoms with Crippen molar-refractivity contribution >= 4 is 5.82 Å². The van der Waals surface area contributed by atoms with Gasteiger partial charge in [0.25, 0.3) is 0 Å². The van der Waals surface area contributed by atoms with E-state index in [0.29, 0.717) is 23.9 Å². The summed E-state index contributed by atoms with van der Waals surface area (Å²) in [6, 6.07) is 10.6. The van der Waals surface area contributed by atoms with E-state index in [2.05, 4.69) is 27.4 Å². The summed E-state index contributed by atoms with van der Waals surface area (Å²) < 4.78 is 14.0. The van der Waals surface area contributed by atoms with Crippen LogP contribution in [-0.4, -0.2) is 16.0 Å². The average Bonchev–Trinajstić information content (AvgIpc) is 3.21. The molecule has 2 atom stereocenters. The number of nitrogens with one attached hydrogen (secondary N) is 1. The molecule has 19 heavy (non-hydrogen) atoms. The van der Waals surface area contributed by atoms with Gasteiger partial charge in [-0.2, -0.15) is 0 Å². The Morgan fingerprint density at radius 3 is 2.79 bits per heavy atom. The smallest absolute Gasteiger partial charge is 0.186 e. The fourth-order valence-corrected chi connectivity index (χ4v) is 2.35. The first-order chi connectivity index (χ1) is 9.29. The molecule has 3 nitrogen and oxygen atoms in total. The van der Waals surface area contributed by atoms with Crippen LogP contribution in [0.3, 0.4) is 0 Å². The minimum Gasteiger partial charge on any atom is -0.364 e. The van der Waals surface area contributed by atoms with Crippen molar-refractivity contribution in [2.75, 3.05) is 5.32 Å². The Morgan fingerprint density at radius 2 is 2.05 bits per heavy atom. The second-order valence-electron chi connectivity index (χ2n) is 4.84. The minimum absolute atomic E-state index is 0.275. The lowest BCUT2D eigenvalue weighted by atomic mass is 10.1. The van der Waals surface area contributed by atoms with Crippen molar-refractivity contribution in [1.29, 1.82) is 0 Å². The summed E-state index contributed by atoms with van der Waals surface area (Å²) in [6.45, 7) is 1.89. The molecular weight excluding hydrogens is 241 g/mol. The number of halogens is 1. The second kappa shape index (κ2) is 4.96. The summed E-state index contributed by atoms with van der Waals surface area (Å²) in [5.74, 6) is 0.472. The van der Waals surface area contributed by atoms with Gasteiger partial charge in [-0.15, -0.1) is 0 Å². The predicted octanol–water partition coefficient (Wildman–Crippen LogP) is 3.15. The number of hydrogen-bond acceptors (Lipinski definition) is 3. The van der Waals surface area contributed by atoms with E-state index in [9.17, 15) is 4.39 Å². The maximum Gasteiger partial charge on any atom is 0.186 e. The van der Waals surface area contributed by atoms with Gasteiger partial charge in [0.1, 0.15) is 6.33 Å². The number of rotatable bonds is 4. The molecule has 1 heterocycles. The van der Waals surface area contributed by atoms with Gasteiger partial charge in [0.15, 0.2) is 11.6 Å². The van der Waals surface area contributed by atoms with Crippen LogP contribution in [-0.2, 0) is 6.42 Å². The molecule has 1 aliphatic rings. The van der Waals surface area contributed by atoms with Crippen LogP contribution in [0.15, 0.2) is 36.7 Å². The number of anilines is 1. The Morgan fingerprint density at radius 1 is 1.26 bits per heavy atom. The summed E-state index contributed by atoms with van der Waals surface area (Å²) in [6.07, 6.45) is 3.02. The second-order valence-corrected chi connectivity index (χ2v) is 4.84. The summed E-state index contributed by atoms with van der Waals surface area (Å²) in [4.78, 5) is 7.93. The fraction of sp³-hybridized carbons (Fsp3) is 0.333. The van der Waals surface area contributed by atoms with E-state index in [1.807, 2.05) is 25.1 Å². The molecule has 2 unspecified atom stereocenters. The highest BCUT2D eigenvalue weighted by Crippen LogP contribution is 2.42. The molecule has 1 aromatic heterocycles. The van der Waals surface area contributed by atoms with Gasteiger partial charge in [0.05, 0.1) is 5.69 Å². The first-order valence-corrected chi connectivity index (χ1v) is 6.60. The summed E-state index contributed by atoms with van der Waals surface area (Å²) >= 11 is 0. The predicted molar refractivity (Wildman–Crippen MR) is 72.6 cm³/mol. The molecule has 0 amide bonds. The van der Waals surface area contributed by atoms with Gasteiger partial charge in [-0.05, 0) is 18.4 Å². The fourth-order valence-electron chi connectivity index (χ4n) is 2.35. The molecule has 1 fully saturated rings. The van der Waals surface area contributed by atoms with Crippen molar-refractivity contribution in [3.63, 3.8) is 0 Å². The Hall–Kier alpha value is -1.97. The van der Waals surface area contributed by atoms with E-state index in [-0.39, 0.29) is 11.9 Å². The first kappa shape index (κ1) is 12.1. The molecule has 0 saturated heterocycles. The van der Waals surface area contributed by atoms with E-state index in [0.717, 1.165) is 6.42 Å². The monoisotopic (exact) mass is 257 g/mol. The molecule has 4 heteroatoms. The highest BCUT2D eigenvalue weighted by atomic mass is 19.1. The van der Waals surface area contributed by atoms with E-state index >= 15 is 0 Å². The normalized spacial score (nSPS) is 21.2. The largest absolute Gasteiger partial charge is 0.364 e. The summed E-state index contributed by atoms with van der Waals surface area (Å²) in [5.41, 5.74) is 1.76. The van der Waals surface area contributed by atoms with Gasteiger partial charge in [-0.3, -0.25) is 0 Å². The minimum atomic E-state index is -0.316. The van der Waals surface area contributed by atoms with Crippen LogP contribution in [0.4, 0.5) is 10.2 Å². The standard InChI is InChI=1S/C15H16FN3/c1-2-12-14(16)15(18-9-17-12)19-13-8-11(13)10-6-4-3-5-7-10/h3-7,9,11,13H,2,8H2,1H3,(H,17,18,19). The highest BCUT2D eigenvalue weighted by molar-refractivity contribution is 5.43. The molecule has 1 N–H and O–H groups in total. The third kappa shape index (κ3) is 2.43. The molecule has 1 aliphatic carbocycles. The van der Waals surface area contributed by atoms with Crippen LogP contribution in [0.1, 0.15) is 30.5 Å². The first-order valence-electron chi connectivity index (χ1n) is 6.60. The Balaban J connectivity index is 1.71. The van der Waals surface area contributed by atoms with E-state index in [4.69, 9.17) is 0 Å². The molecule has 0 spiro atoms. The van der Waals surface area contributed by atoms with Crippen molar-refractivity contribution in [3.05, 3.63) is 53.7 Å². The van der Waals surface area contributed by atoms with Crippen LogP contribution >= 0.6 is 0 Å². The maximum atomic E-state index is 14.0. The van der Waals surface area contributed by atoms with Gasteiger partial charge in [-0.1, -0.05) is 37.3 Å². The lowest BCUT2D eigenvalue weighted by Crippen LogP contribution is -2.10. The van der Waals surface area contributed by atoms with Crippen LogP contribution in [0.25, 0.3) is 0 Å². The SMILES string of the molecule is CCc1ncnc(NC2CC2c2ccccc2)c1F. The van der Waals surface area contributed by atoms with Gasteiger partial charge in [0, 0.05) is 12.0 Å². The summed E-state index contributed by atoms with van der Waals surface area (Å²) in [7, 11) is 0. The van der Waals surface area contributed by atoms with Crippen LogP contribution in [0.2, 0.25) is 0 Å². The van der Waals surface area contributed by atoms with Gasteiger partial charge in [0.2, 0.25) is 0 Å². The van der Waals surface area contributed by atoms with Crippen molar-refractivity contribution in [2.45, 2.75) is 31.7 Å². The molecular formula is C15H16FN3. The quantitative estimate of drug-likeness (QED) is 0.914. The lowest BCUT2D eigenvalue weighted by Gasteiger charge is -2.08. The van der Waals surface area contributed by atoms with Crippen LogP contribution in [0.5, 0.6) is 0 Å². The Labute approximate surface area is 111 Å². The molecule has 0 aliphatic heterocycles. The van der Waals surface area contributed by atoms with E-state index < -0.39 is 0 Å². The average molecular weight is 257 g/mol. The van der Waals surface area contributed by atoms with Crippen molar-refractivity contribution in [1.82, 2.24) is 9.97 Å². The van der Waals surface area contributed by atoms with Crippen LogP contribution in [0, 0.1) is 5.82 Å². The van der Waals surface area contributed by atoms with Gasteiger partial charge < -0.3 is 5.32 Å². The zero-order valence-corrected chi connectivity index (χ0v) is 10.8. The zero-order chi connectivity index (χ0) is 13.2. The zero-order valence-electron chi connectivity index (χ0n) is 10.8. The molecule has 1 aromatic carbocycles. The highest BCUT2D eigenvalue weighted by Gasteiger charge is 2.39. The number of aryl methyl sites for hydroxylation is 1. The molecule has 0 bridgehead atoms. The number of hydrogen-bond donors (Lipinski definition) is 1. The third-order valence-corrected chi connectivity index (χ3v) is 3.54. The molecule has 0 radical (unpaired) electrons. The van der Waals surface area contributed by atoms with E-state index in [1.54, 1.807) is 0 Å². The van der Waals surface area contributed by atoms with Gasteiger partial charge in [-0.25, -0.2) is 14.4 Å². The number of nitrogens with zero attached hydrogens (tertiary/aromatic N) is 2. The number of benzene rings is 1. The lowest BCUT2D eigenvalue weighted by molar-refractivity contribution is 0.596. The molecule has 98 valence electrons. The molecule has 2 aromatic rings. The van der Waals surface area contributed by atoms with Crippen molar-refractivity contribution in [3.8, 4) is 0 Å². The van der Waals surface area contributed by atoms with Gasteiger partial charge >= 0.3 is 0 Å². The maximum absolute atomic E-state index is 14.0. The molecule has 3 rings (SSSR count). The third-order valence-electron chi connectivity index (χ3n) is 3.54. The Kier molecular flexibility index (Phi) is 3.15. The summed E-state index contributed by atoms with van der Waals surface area (Å²) in [5, 5.41) is 3.18. The van der Waals surface area contributed by atoms with Crippen molar-refractivity contribution in [2.24, 2.45) is 0 Å². The van der Waals surface area contributed by atoms with Crippen molar-refractivity contribution < 1.29 is 4.39 Å². The van der Waals surface area contributed by atoms with E-state index in [1.165, 1.54) is 11.9 Å².